The van der Waals surface area contributed by atoms with Crippen LogP contribution in [0.5, 0.6) is 5.75 Å². The largest absolute Gasteiger partial charge is 0.490 e. The second-order valence-corrected chi connectivity index (χ2v) is 7.13. The van der Waals surface area contributed by atoms with Gasteiger partial charge >= 0.3 is 5.97 Å². The lowest BCUT2D eigenvalue weighted by atomic mass is 10.2. The molecule has 2 aromatic carbocycles. The van der Waals surface area contributed by atoms with Gasteiger partial charge in [-0.2, -0.15) is 0 Å². The number of sulfone groups is 1. The maximum Gasteiger partial charge on any atom is 0.339 e. The predicted molar refractivity (Wildman–Crippen MR) is 86.8 cm³/mol. The van der Waals surface area contributed by atoms with Crippen LogP contribution in [0.2, 0.25) is 5.02 Å². The molecule has 7 heteroatoms. The van der Waals surface area contributed by atoms with Crippen molar-refractivity contribution in [3.63, 3.8) is 0 Å². The highest BCUT2D eigenvalue weighted by molar-refractivity contribution is 7.90. The molecule has 0 atom stereocenters. The molecule has 0 amide bonds. The Balaban J connectivity index is 1.95. The van der Waals surface area contributed by atoms with Crippen LogP contribution in [0, 0.1) is 0 Å². The van der Waals surface area contributed by atoms with Gasteiger partial charge in [0, 0.05) is 6.26 Å². The Labute approximate surface area is 139 Å². The van der Waals surface area contributed by atoms with Gasteiger partial charge in [-0.25, -0.2) is 13.2 Å². The van der Waals surface area contributed by atoms with E-state index in [-0.39, 0.29) is 28.7 Å². The second-order valence-electron chi connectivity index (χ2n) is 4.71. The zero-order valence-corrected chi connectivity index (χ0v) is 13.9. The summed E-state index contributed by atoms with van der Waals surface area (Å²) in [5.74, 6) is -0.0298. The Bertz CT molecular complexity index is 787. The Hall–Kier alpha value is -2.05. The molecule has 2 rings (SSSR count). The van der Waals surface area contributed by atoms with E-state index in [1.807, 2.05) is 18.2 Å². The van der Waals surface area contributed by atoms with Gasteiger partial charge in [0.1, 0.15) is 19.0 Å². The van der Waals surface area contributed by atoms with Crippen LogP contribution in [0.25, 0.3) is 0 Å². The molecule has 5 nitrogen and oxygen atoms in total. The molecule has 122 valence electrons. The number of halogens is 1. The smallest absolute Gasteiger partial charge is 0.339 e. The van der Waals surface area contributed by atoms with Crippen molar-refractivity contribution in [2.24, 2.45) is 0 Å². The van der Waals surface area contributed by atoms with Gasteiger partial charge in [0.2, 0.25) is 0 Å². The fourth-order valence-corrected chi connectivity index (χ4v) is 2.62. The molecule has 23 heavy (non-hydrogen) atoms. The molecule has 0 saturated carbocycles. The highest BCUT2D eigenvalue weighted by Crippen LogP contribution is 2.21. The van der Waals surface area contributed by atoms with Gasteiger partial charge in [-0.05, 0) is 30.3 Å². The Morgan fingerprint density at radius 3 is 2.43 bits per heavy atom. The summed E-state index contributed by atoms with van der Waals surface area (Å²) in [5.41, 5.74) is 0.00861. The number of carbonyl (C=O) groups excluding carboxylic acids is 1. The molecule has 0 unspecified atom stereocenters. The van der Waals surface area contributed by atoms with Crippen LogP contribution in [0.4, 0.5) is 0 Å². The number of benzene rings is 2. The normalized spacial score (nSPS) is 11.0. The monoisotopic (exact) mass is 354 g/mol. The van der Waals surface area contributed by atoms with Crippen LogP contribution in [0.3, 0.4) is 0 Å². The molecule has 0 N–H and O–H groups in total. The molecule has 0 heterocycles. The van der Waals surface area contributed by atoms with Gasteiger partial charge in [0.25, 0.3) is 0 Å². The van der Waals surface area contributed by atoms with Gasteiger partial charge in [-0.3, -0.25) is 0 Å². The average Bonchev–Trinajstić information content (AvgIpc) is 2.51. The summed E-state index contributed by atoms with van der Waals surface area (Å²) < 4.78 is 33.5. The second kappa shape index (κ2) is 7.48. The van der Waals surface area contributed by atoms with Crippen molar-refractivity contribution in [2.75, 3.05) is 19.5 Å². The van der Waals surface area contributed by atoms with Crippen LogP contribution in [0.15, 0.2) is 53.4 Å². The van der Waals surface area contributed by atoms with E-state index in [2.05, 4.69) is 0 Å². The summed E-state index contributed by atoms with van der Waals surface area (Å²) in [4.78, 5) is 12.0. The van der Waals surface area contributed by atoms with Crippen molar-refractivity contribution in [3.8, 4) is 5.75 Å². The first kappa shape index (κ1) is 17.3. The van der Waals surface area contributed by atoms with E-state index in [0.29, 0.717) is 5.75 Å². The predicted octanol–water partition coefficient (Wildman–Crippen LogP) is 2.98. The molecule has 0 aliphatic heterocycles. The minimum absolute atomic E-state index is 0.00861. The number of rotatable bonds is 6. The number of hydrogen-bond donors (Lipinski definition) is 0. The first-order chi connectivity index (χ1) is 10.9. The van der Waals surface area contributed by atoms with E-state index in [1.54, 1.807) is 12.1 Å². The van der Waals surface area contributed by atoms with E-state index in [4.69, 9.17) is 21.1 Å². The molecule has 0 spiro atoms. The lowest BCUT2D eigenvalue weighted by Crippen LogP contribution is -2.13. The topological polar surface area (TPSA) is 69.7 Å². The van der Waals surface area contributed by atoms with Crippen molar-refractivity contribution < 1.29 is 22.7 Å². The zero-order chi connectivity index (χ0) is 16.9. The number of esters is 1. The molecule has 0 aliphatic carbocycles. The number of carbonyl (C=O) groups is 1. The molecule has 0 aliphatic rings. The highest BCUT2D eigenvalue weighted by Gasteiger charge is 2.16. The van der Waals surface area contributed by atoms with Crippen LogP contribution in [-0.4, -0.2) is 33.9 Å². The summed E-state index contributed by atoms with van der Waals surface area (Å²) in [7, 11) is -3.43. The highest BCUT2D eigenvalue weighted by atomic mass is 35.5. The maximum atomic E-state index is 12.0. The fourth-order valence-electron chi connectivity index (χ4n) is 1.78. The third kappa shape index (κ3) is 4.97. The van der Waals surface area contributed by atoms with Crippen molar-refractivity contribution in [1.82, 2.24) is 0 Å². The van der Waals surface area contributed by atoms with Crippen molar-refractivity contribution in [2.45, 2.75) is 4.90 Å². The maximum absolute atomic E-state index is 12.0. The van der Waals surface area contributed by atoms with Crippen molar-refractivity contribution >= 4 is 27.4 Å². The summed E-state index contributed by atoms with van der Waals surface area (Å²) >= 11 is 5.92. The number of ether oxygens (including phenoxy) is 2. The van der Waals surface area contributed by atoms with Gasteiger partial charge in [0.05, 0.1) is 15.5 Å². The summed E-state index contributed by atoms with van der Waals surface area (Å²) in [6.45, 7) is 0.201. The molecular weight excluding hydrogens is 340 g/mol. The van der Waals surface area contributed by atoms with Gasteiger partial charge in [-0.1, -0.05) is 29.8 Å². The molecule has 0 bridgehead atoms. The molecule has 0 fully saturated rings. The quantitative estimate of drug-likeness (QED) is 0.589. The number of hydrogen-bond acceptors (Lipinski definition) is 5. The minimum atomic E-state index is -3.43. The average molecular weight is 355 g/mol. The molecule has 0 radical (unpaired) electrons. The van der Waals surface area contributed by atoms with E-state index in [9.17, 15) is 13.2 Å². The van der Waals surface area contributed by atoms with E-state index >= 15 is 0 Å². The van der Waals surface area contributed by atoms with Gasteiger partial charge in [0.15, 0.2) is 9.84 Å². The van der Waals surface area contributed by atoms with Crippen LogP contribution in [-0.2, 0) is 14.6 Å². The minimum Gasteiger partial charge on any atom is -0.490 e. The molecule has 0 aromatic heterocycles. The van der Waals surface area contributed by atoms with Crippen molar-refractivity contribution in [1.29, 1.82) is 0 Å². The fraction of sp³-hybridized carbons (Fsp3) is 0.188. The molecule has 0 saturated heterocycles. The Kier molecular flexibility index (Phi) is 5.63. The summed E-state index contributed by atoms with van der Waals surface area (Å²) in [6.07, 6.45) is 1.05. The Morgan fingerprint density at radius 1 is 1.09 bits per heavy atom. The number of para-hydroxylation sites is 1. The first-order valence-electron chi connectivity index (χ1n) is 6.72. The van der Waals surface area contributed by atoms with Crippen LogP contribution in [0.1, 0.15) is 10.4 Å². The molecule has 2 aromatic rings. The standard InChI is InChI=1S/C16H15ClO5S/c1-23(19,20)13-7-8-15(17)14(11-13)16(18)22-10-9-21-12-5-3-2-4-6-12/h2-8,11H,9-10H2,1H3. The van der Waals surface area contributed by atoms with Gasteiger partial charge in [-0.15, -0.1) is 0 Å². The molecular formula is C16H15ClO5S. The van der Waals surface area contributed by atoms with Gasteiger partial charge < -0.3 is 9.47 Å². The lowest BCUT2D eigenvalue weighted by Gasteiger charge is -2.09. The summed E-state index contributed by atoms with van der Waals surface area (Å²) in [5, 5.41) is 0.131. The van der Waals surface area contributed by atoms with Crippen LogP contribution >= 0.6 is 11.6 Å². The third-order valence-electron chi connectivity index (χ3n) is 2.91. The lowest BCUT2D eigenvalue weighted by molar-refractivity contribution is 0.0450. The Morgan fingerprint density at radius 2 is 1.78 bits per heavy atom. The van der Waals surface area contributed by atoms with Crippen molar-refractivity contribution in [3.05, 3.63) is 59.1 Å². The zero-order valence-electron chi connectivity index (χ0n) is 12.4. The first-order valence-corrected chi connectivity index (χ1v) is 8.99. The van der Waals surface area contributed by atoms with E-state index in [0.717, 1.165) is 6.26 Å². The summed E-state index contributed by atoms with van der Waals surface area (Å²) in [6, 6.07) is 13.0. The third-order valence-corrected chi connectivity index (χ3v) is 4.35. The van der Waals surface area contributed by atoms with Crippen LogP contribution < -0.4 is 4.74 Å². The SMILES string of the molecule is CS(=O)(=O)c1ccc(Cl)c(C(=O)OCCOc2ccccc2)c1. The van der Waals surface area contributed by atoms with E-state index < -0.39 is 15.8 Å². The van der Waals surface area contributed by atoms with E-state index in [1.165, 1.54) is 18.2 Å².